The molecule has 0 bridgehead atoms. The van der Waals surface area contributed by atoms with Crippen LogP contribution in [0.25, 0.3) is 0 Å². The molecular formula is C20H35NO. The van der Waals surface area contributed by atoms with Crippen LogP contribution >= 0.6 is 0 Å². The third kappa shape index (κ3) is 7.31. The Hall–Kier alpha value is -1.02. The van der Waals surface area contributed by atoms with E-state index in [-0.39, 0.29) is 6.10 Å². The SMILES string of the molecule is CCCCCCCCNC(C)c1ccccc1OC(C)CC. The molecule has 2 atom stereocenters. The molecule has 0 fully saturated rings. The molecule has 0 spiro atoms. The number of hydrogen-bond donors (Lipinski definition) is 1. The van der Waals surface area contributed by atoms with Crippen LogP contribution < -0.4 is 10.1 Å². The summed E-state index contributed by atoms with van der Waals surface area (Å²) < 4.78 is 6.05. The van der Waals surface area contributed by atoms with E-state index in [1.165, 1.54) is 44.1 Å². The standard InChI is InChI=1S/C20H35NO/c1-5-7-8-9-10-13-16-21-18(4)19-14-11-12-15-20(19)22-17(3)6-2/h11-12,14-15,17-18,21H,5-10,13,16H2,1-4H3. The molecular weight excluding hydrogens is 270 g/mol. The van der Waals surface area contributed by atoms with Gasteiger partial charge in [-0.3, -0.25) is 0 Å². The van der Waals surface area contributed by atoms with Crippen LogP contribution in [0.2, 0.25) is 0 Å². The third-order valence-corrected chi connectivity index (χ3v) is 4.27. The van der Waals surface area contributed by atoms with E-state index in [0.717, 1.165) is 18.7 Å². The van der Waals surface area contributed by atoms with Gasteiger partial charge in [-0.25, -0.2) is 0 Å². The Morgan fingerprint density at radius 3 is 2.36 bits per heavy atom. The highest BCUT2D eigenvalue weighted by Gasteiger charge is 2.12. The third-order valence-electron chi connectivity index (χ3n) is 4.27. The average molecular weight is 306 g/mol. The second-order valence-corrected chi connectivity index (χ2v) is 6.32. The van der Waals surface area contributed by atoms with E-state index in [2.05, 4.69) is 57.3 Å². The van der Waals surface area contributed by atoms with Crippen molar-refractivity contribution in [1.29, 1.82) is 0 Å². The van der Waals surface area contributed by atoms with Crippen LogP contribution in [0.1, 0.15) is 84.2 Å². The molecule has 2 heteroatoms. The predicted molar refractivity (Wildman–Crippen MR) is 96.6 cm³/mol. The van der Waals surface area contributed by atoms with Gasteiger partial charge >= 0.3 is 0 Å². The molecule has 0 saturated carbocycles. The molecule has 0 saturated heterocycles. The fourth-order valence-electron chi connectivity index (χ4n) is 2.58. The Bertz CT molecular complexity index is 391. The van der Waals surface area contributed by atoms with Crippen LogP contribution in [0, 0.1) is 0 Å². The van der Waals surface area contributed by atoms with Crippen molar-refractivity contribution >= 4 is 0 Å². The van der Waals surface area contributed by atoms with Crippen LogP contribution in [0.5, 0.6) is 5.75 Å². The van der Waals surface area contributed by atoms with Gasteiger partial charge in [-0.05, 0) is 39.3 Å². The zero-order chi connectivity index (χ0) is 16.2. The van der Waals surface area contributed by atoms with Crippen molar-refractivity contribution in [1.82, 2.24) is 5.32 Å². The van der Waals surface area contributed by atoms with Gasteiger partial charge in [0.15, 0.2) is 0 Å². The van der Waals surface area contributed by atoms with Crippen molar-refractivity contribution in [3.63, 3.8) is 0 Å². The zero-order valence-corrected chi connectivity index (χ0v) is 15.0. The first-order chi connectivity index (χ1) is 10.7. The second kappa shape index (κ2) is 11.5. The van der Waals surface area contributed by atoms with Gasteiger partial charge in [-0.2, -0.15) is 0 Å². The first kappa shape index (κ1) is 19.0. The summed E-state index contributed by atoms with van der Waals surface area (Å²) in [5.74, 6) is 1.03. The summed E-state index contributed by atoms with van der Waals surface area (Å²) in [5, 5.41) is 3.64. The Morgan fingerprint density at radius 1 is 0.955 bits per heavy atom. The highest BCUT2D eigenvalue weighted by molar-refractivity contribution is 5.35. The minimum atomic E-state index is 0.270. The monoisotopic (exact) mass is 305 g/mol. The van der Waals surface area contributed by atoms with Crippen molar-refractivity contribution in [3.05, 3.63) is 29.8 Å². The van der Waals surface area contributed by atoms with E-state index in [1.807, 2.05) is 0 Å². The van der Waals surface area contributed by atoms with Gasteiger partial charge < -0.3 is 10.1 Å². The minimum absolute atomic E-state index is 0.270. The molecule has 0 heterocycles. The van der Waals surface area contributed by atoms with Gasteiger partial charge in [0.1, 0.15) is 5.75 Å². The number of para-hydroxylation sites is 1. The maximum atomic E-state index is 6.05. The van der Waals surface area contributed by atoms with E-state index in [9.17, 15) is 0 Å². The molecule has 1 aromatic carbocycles. The van der Waals surface area contributed by atoms with Gasteiger partial charge in [0.25, 0.3) is 0 Å². The lowest BCUT2D eigenvalue weighted by Crippen LogP contribution is -2.21. The smallest absolute Gasteiger partial charge is 0.124 e. The van der Waals surface area contributed by atoms with E-state index in [4.69, 9.17) is 4.74 Å². The lowest BCUT2D eigenvalue weighted by molar-refractivity contribution is 0.213. The molecule has 0 aliphatic heterocycles. The van der Waals surface area contributed by atoms with Crippen molar-refractivity contribution < 1.29 is 4.74 Å². The van der Waals surface area contributed by atoms with Crippen LogP contribution in [0.15, 0.2) is 24.3 Å². The molecule has 2 nitrogen and oxygen atoms in total. The first-order valence-electron chi connectivity index (χ1n) is 9.18. The fourth-order valence-corrected chi connectivity index (χ4v) is 2.58. The largest absolute Gasteiger partial charge is 0.490 e. The maximum absolute atomic E-state index is 6.05. The second-order valence-electron chi connectivity index (χ2n) is 6.32. The van der Waals surface area contributed by atoms with Crippen LogP contribution in [0.3, 0.4) is 0 Å². The highest BCUT2D eigenvalue weighted by atomic mass is 16.5. The summed E-state index contributed by atoms with van der Waals surface area (Å²) in [6.45, 7) is 9.88. The van der Waals surface area contributed by atoms with Crippen LogP contribution in [-0.2, 0) is 0 Å². The molecule has 1 N–H and O–H groups in total. The quantitative estimate of drug-likeness (QED) is 0.487. The van der Waals surface area contributed by atoms with Crippen molar-refractivity contribution in [2.75, 3.05) is 6.54 Å². The van der Waals surface area contributed by atoms with Gasteiger partial charge in [-0.15, -0.1) is 0 Å². The minimum Gasteiger partial charge on any atom is -0.490 e. The molecule has 1 rings (SSSR count). The summed E-state index contributed by atoms with van der Waals surface area (Å²) >= 11 is 0. The predicted octanol–water partition coefficient (Wildman–Crippen LogP) is 5.88. The van der Waals surface area contributed by atoms with Crippen LogP contribution in [-0.4, -0.2) is 12.6 Å². The van der Waals surface area contributed by atoms with E-state index in [0.29, 0.717) is 6.04 Å². The zero-order valence-electron chi connectivity index (χ0n) is 15.0. The Morgan fingerprint density at radius 2 is 1.64 bits per heavy atom. The van der Waals surface area contributed by atoms with Gasteiger partial charge in [0.2, 0.25) is 0 Å². The van der Waals surface area contributed by atoms with E-state index in [1.54, 1.807) is 0 Å². The van der Waals surface area contributed by atoms with Crippen molar-refractivity contribution in [2.45, 2.75) is 84.8 Å². The fraction of sp³-hybridized carbons (Fsp3) is 0.700. The molecule has 0 aromatic heterocycles. The van der Waals surface area contributed by atoms with Gasteiger partial charge in [-0.1, -0.05) is 64.2 Å². The maximum Gasteiger partial charge on any atom is 0.124 e. The lowest BCUT2D eigenvalue weighted by Gasteiger charge is -2.20. The molecule has 1 aromatic rings. The average Bonchev–Trinajstić information content (AvgIpc) is 2.54. The Kier molecular flexibility index (Phi) is 9.98. The number of unbranched alkanes of at least 4 members (excludes halogenated alkanes) is 5. The number of hydrogen-bond acceptors (Lipinski definition) is 2. The Labute approximate surface area is 137 Å². The summed E-state index contributed by atoms with van der Waals surface area (Å²) in [5.41, 5.74) is 1.27. The summed E-state index contributed by atoms with van der Waals surface area (Å²) in [4.78, 5) is 0. The molecule has 0 radical (unpaired) electrons. The molecule has 0 aliphatic carbocycles. The topological polar surface area (TPSA) is 21.3 Å². The normalized spacial score (nSPS) is 13.8. The van der Waals surface area contributed by atoms with Crippen LogP contribution in [0.4, 0.5) is 0 Å². The Balaban J connectivity index is 2.37. The molecule has 22 heavy (non-hydrogen) atoms. The molecule has 126 valence electrons. The first-order valence-corrected chi connectivity index (χ1v) is 9.18. The lowest BCUT2D eigenvalue weighted by atomic mass is 10.1. The highest BCUT2D eigenvalue weighted by Crippen LogP contribution is 2.26. The van der Waals surface area contributed by atoms with E-state index < -0.39 is 0 Å². The van der Waals surface area contributed by atoms with Gasteiger partial charge in [0.05, 0.1) is 6.10 Å². The number of benzene rings is 1. The van der Waals surface area contributed by atoms with Crippen molar-refractivity contribution in [3.8, 4) is 5.75 Å². The molecule has 0 aliphatic rings. The summed E-state index contributed by atoms with van der Waals surface area (Å²) in [6, 6.07) is 8.76. The van der Waals surface area contributed by atoms with Crippen molar-refractivity contribution in [2.24, 2.45) is 0 Å². The number of nitrogens with one attached hydrogen (secondary N) is 1. The van der Waals surface area contributed by atoms with Gasteiger partial charge in [0, 0.05) is 11.6 Å². The molecule has 0 amide bonds. The van der Waals surface area contributed by atoms with E-state index >= 15 is 0 Å². The number of ether oxygens (including phenoxy) is 1. The number of rotatable bonds is 12. The summed E-state index contributed by atoms with van der Waals surface area (Å²) in [7, 11) is 0. The summed E-state index contributed by atoms with van der Waals surface area (Å²) in [6.07, 6.45) is 9.37. The molecule has 2 unspecified atom stereocenters.